The molecule has 0 spiro atoms. The number of aliphatic hydroxyl groups excluding tert-OH is 2. The molecule has 0 heterocycles. The smallest absolute Gasteiger partial charge is 0.0811 e. The molecular formula is C28H44O3. The molecule has 3 saturated carbocycles. The summed E-state index contributed by atoms with van der Waals surface area (Å²) in [6, 6.07) is 0. The molecule has 3 fully saturated rings. The van der Waals surface area contributed by atoms with Crippen molar-refractivity contribution >= 4 is 0 Å². The number of hydrogen-bond donors (Lipinski definition) is 3. The molecule has 3 aliphatic rings. The molecule has 7 atom stereocenters. The predicted molar refractivity (Wildman–Crippen MR) is 128 cm³/mol. The minimum Gasteiger partial charge on any atom is -0.393 e. The predicted octanol–water partition coefficient (Wildman–Crippen LogP) is 5.73. The maximum Gasteiger partial charge on any atom is 0.0811 e. The molecule has 3 rings (SSSR count). The molecule has 3 aliphatic carbocycles. The van der Waals surface area contributed by atoms with Crippen LogP contribution in [-0.2, 0) is 0 Å². The molecule has 1 unspecified atom stereocenters. The Bertz CT molecular complexity index is 753. The van der Waals surface area contributed by atoms with Crippen LogP contribution in [0.15, 0.2) is 47.6 Å². The molecular weight excluding hydrogens is 384 g/mol. The minimum atomic E-state index is -0.684. The highest BCUT2D eigenvalue weighted by Gasteiger charge is 2.50. The van der Waals surface area contributed by atoms with E-state index in [0.717, 1.165) is 17.6 Å². The lowest BCUT2D eigenvalue weighted by Crippen LogP contribution is -2.35. The quantitative estimate of drug-likeness (QED) is 0.490. The van der Waals surface area contributed by atoms with Gasteiger partial charge < -0.3 is 15.3 Å². The molecule has 0 aromatic heterocycles. The lowest BCUT2D eigenvalue weighted by molar-refractivity contribution is 0.0436. The molecule has 0 aromatic rings. The molecule has 3 nitrogen and oxygen atoms in total. The first-order valence-corrected chi connectivity index (χ1v) is 12.3. The van der Waals surface area contributed by atoms with Gasteiger partial charge in [-0.15, -0.1) is 0 Å². The first kappa shape index (κ1) is 24.5. The number of aliphatic hydroxyl groups is 3. The van der Waals surface area contributed by atoms with Gasteiger partial charge in [0.1, 0.15) is 0 Å². The van der Waals surface area contributed by atoms with E-state index < -0.39 is 17.8 Å². The van der Waals surface area contributed by atoms with E-state index >= 15 is 0 Å². The van der Waals surface area contributed by atoms with Gasteiger partial charge in [-0.25, -0.2) is 0 Å². The van der Waals surface area contributed by atoms with Gasteiger partial charge in [0.15, 0.2) is 0 Å². The second-order valence-electron chi connectivity index (χ2n) is 11.4. The molecule has 3 N–H and O–H groups in total. The van der Waals surface area contributed by atoms with E-state index in [9.17, 15) is 15.3 Å². The molecule has 174 valence electrons. The molecule has 0 saturated heterocycles. The summed E-state index contributed by atoms with van der Waals surface area (Å²) in [4.78, 5) is 0. The lowest BCUT2D eigenvalue weighted by atomic mass is 9.61. The fourth-order valence-electron chi connectivity index (χ4n) is 6.32. The summed E-state index contributed by atoms with van der Waals surface area (Å²) in [6.45, 7) is 14.7. The van der Waals surface area contributed by atoms with Gasteiger partial charge in [-0.3, -0.25) is 0 Å². The Hall–Kier alpha value is -1.16. The third kappa shape index (κ3) is 5.26. The minimum absolute atomic E-state index is 0.141. The largest absolute Gasteiger partial charge is 0.393 e. The van der Waals surface area contributed by atoms with Crippen molar-refractivity contribution in [1.82, 2.24) is 0 Å². The van der Waals surface area contributed by atoms with Crippen LogP contribution in [0.25, 0.3) is 0 Å². The molecule has 0 bridgehead atoms. The molecule has 31 heavy (non-hydrogen) atoms. The van der Waals surface area contributed by atoms with Gasteiger partial charge >= 0.3 is 0 Å². The van der Waals surface area contributed by atoms with Gasteiger partial charge in [-0.1, -0.05) is 57.2 Å². The third-order valence-corrected chi connectivity index (χ3v) is 8.75. The van der Waals surface area contributed by atoms with Gasteiger partial charge in [0.05, 0.1) is 17.8 Å². The maximum atomic E-state index is 10.3. The van der Waals surface area contributed by atoms with Gasteiger partial charge in [0.2, 0.25) is 0 Å². The van der Waals surface area contributed by atoms with Crippen LogP contribution >= 0.6 is 0 Å². The Morgan fingerprint density at radius 2 is 1.84 bits per heavy atom. The summed E-state index contributed by atoms with van der Waals surface area (Å²) < 4.78 is 0. The number of hydrogen-bond acceptors (Lipinski definition) is 3. The van der Waals surface area contributed by atoms with Crippen LogP contribution in [0.4, 0.5) is 0 Å². The van der Waals surface area contributed by atoms with Gasteiger partial charge in [-0.05, 0) is 86.7 Å². The van der Waals surface area contributed by atoms with E-state index in [1.165, 1.54) is 31.3 Å². The molecule has 0 amide bonds. The van der Waals surface area contributed by atoms with Crippen LogP contribution in [0.1, 0.15) is 79.6 Å². The van der Waals surface area contributed by atoms with Crippen molar-refractivity contribution in [2.75, 3.05) is 0 Å². The fourth-order valence-corrected chi connectivity index (χ4v) is 6.32. The number of fused-ring (bicyclic) bond motifs is 1. The Kier molecular flexibility index (Phi) is 7.40. The van der Waals surface area contributed by atoms with Crippen molar-refractivity contribution < 1.29 is 15.3 Å². The van der Waals surface area contributed by atoms with Crippen molar-refractivity contribution in [1.29, 1.82) is 0 Å². The van der Waals surface area contributed by atoms with Crippen LogP contribution in [0.3, 0.4) is 0 Å². The average Bonchev–Trinajstić information content (AvgIpc) is 3.04. The van der Waals surface area contributed by atoms with E-state index in [1.807, 2.05) is 13.8 Å². The zero-order chi connectivity index (χ0) is 23.0. The Morgan fingerprint density at radius 3 is 2.52 bits per heavy atom. The fraction of sp³-hybridized carbons (Fsp3) is 0.714. The standard InChI is InChI=1S/C28H44O3/c1-18(9-10-19(2)27(4,5)31)24-13-14-25-21(8-7-15-28(24,25)6)11-12-22-16-23(29)17-26(30)20(22)3/h9-12,18-19,23-26,29-31H,3,7-8,13-17H2,1-2,4-6H3/b10-9?,21-11+,22-12-/t18-,19?,23-,24-,25+,26+,28-/m1/s1. The molecule has 3 heteroatoms. The van der Waals surface area contributed by atoms with Crippen molar-refractivity contribution in [2.45, 2.75) is 97.4 Å². The second kappa shape index (κ2) is 9.37. The van der Waals surface area contributed by atoms with Crippen LogP contribution in [0.5, 0.6) is 0 Å². The SMILES string of the molecule is C=C1/C(=C\C=C2/CCC[C@]3(C)[C@@H]([C@H](C)C=CC(C)C(C)(C)O)CC[C@@H]23)C[C@@H](O)C[C@@H]1O. The van der Waals surface area contributed by atoms with E-state index in [1.54, 1.807) is 0 Å². The second-order valence-corrected chi connectivity index (χ2v) is 11.4. The van der Waals surface area contributed by atoms with Crippen LogP contribution in [0.2, 0.25) is 0 Å². The molecule has 0 aromatic carbocycles. The zero-order valence-electron chi connectivity index (χ0n) is 20.3. The monoisotopic (exact) mass is 428 g/mol. The first-order valence-electron chi connectivity index (χ1n) is 12.3. The summed E-state index contributed by atoms with van der Waals surface area (Å²) in [6.07, 6.45) is 15.0. The summed E-state index contributed by atoms with van der Waals surface area (Å²) >= 11 is 0. The highest BCUT2D eigenvalue weighted by Crippen LogP contribution is 2.59. The van der Waals surface area contributed by atoms with Crippen molar-refractivity contribution in [3.05, 3.63) is 47.6 Å². The number of rotatable bonds is 5. The van der Waals surface area contributed by atoms with Crippen molar-refractivity contribution in [3.8, 4) is 0 Å². The van der Waals surface area contributed by atoms with E-state index in [0.29, 0.717) is 36.0 Å². The summed E-state index contributed by atoms with van der Waals surface area (Å²) in [5.74, 6) is 1.91. The van der Waals surface area contributed by atoms with Crippen molar-refractivity contribution in [2.24, 2.45) is 29.1 Å². The van der Waals surface area contributed by atoms with E-state index in [-0.39, 0.29) is 5.92 Å². The molecule has 0 radical (unpaired) electrons. The highest BCUT2D eigenvalue weighted by molar-refractivity contribution is 5.38. The lowest BCUT2D eigenvalue weighted by Gasteiger charge is -2.44. The Balaban J connectivity index is 1.76. The Labute approximate surface area is 189 Å². The normalized spacial score (nSPS) is 39.3. The van der Waals surface area contributed by atoms with Gasteiger partial charge in [0.25, 0.3) is 0 Å². The van der Waals surface area contributed by atoms with Crippen LogP contribution < -0.4 is 0 Å². The number of allylic oxidation sites excluding steroid dienone is 4. The topological polar surface area (TPSA) is 60.7 Å². The average molecular weight is 429 g/mol. The highest BCUT2D eigenvalue weighted by atomic mass is 16.3. The van der Waals surface area contributed by atoms with Crippen molar-refractivity contribution in [3.63, 3.8) is 0 Å². The van der Waals surface area contributed by atoms with Crippen LogP contribution in [0, 0.1) is 29.1 Å². The zero-order valence-corrected chi connectivity index (χ0v) is 20.3. The third-order valence-electron chi connectivity index (χ3n) is 8.75. The summed E-state index contributed by atoms with van der Waals surface area (Å²) in [5.41, 5.74) is 2.93. The van der Waals surface area contributed by atoms with E-state index in [2.05, 4.69) is 51.7 Å². The van der Waals surface area contributed by atoms with Gasteiger partial charge in [-0.2, -0.15) is 0 Å². The molecule has 0 aliphatic heterocycles. The van der Waals surface area contributed by atoms with Crippen LogP contribution in [-0.4, -0.2) is 33.1 Å². The summed E-state index contributed by atoms with van der Waals surface area (Å²) in [5, 5.41) is 30.4. The Morgan fingerprint density at radius 1 is 1.13 bits per heavy atom. The summed E-state index contributed by atoms with van der Waals surface area (Å²) in [7, 11) is 0. The maximum absolute atomic E-state index is 10.3. The van der Waals surface area contributed by atoms with E-state index in [4.69, 9.17) is 0 Å². The van der Waals surface area contributed by atoms with Gasteiger partial charge in [0, 0.05) is 12.3 Å². The first-order chi connectivity index (χ1) is 14.4.